The minimum Gasteiger partial charge on any atom is -0.493 e. The maximum absolute atomic E-state index is 12.8. The lowest BCUT2D eigenvalue weighted by Gasteiger charge is -2.09. The molecule has 0 spiro atoms. The fraction of sp³-hybridized carbons (Fsp3) is 0.200. The summed E-state index contributed by atoms with van der Waals surface area (Å²) >= 11 is 0. The summed E-state index contributed by atoms with van der Waals surface area (Å²) in [7, 11) is 1.89. The molecule has 0 aliphatic rings. The van der Waals surface area contributed by atoms with Crippen LogP contribution < -0.4 is 9.47 Å². The zero-order valence-electron chi connectivity index (χ0n) is 11.3. The van der Waals surface area contributed by atoms with Gasteiger partial charge in [0, 0.05) is 4.90 Å². The van der Waals surface area contributed by atoms with Crippen molar-refractivity contribution in [3.05, 3.63) is 53.8 Å². The number of ether oxygens (including phenoxy) is 2. The maximum Gasteiger partial charge on any atom is 0.161 e. The summed E-state index contributed by atoms with van der Waals surface area (Å²) in [6.07, 6.45) is 0. The molecule has 0 amide bonds. The molecule has 0 N–H and O–H groups in total. The lowest BCUT2D eigenvalue weighted by Crippen LogP contribution is -1.98. The molecule has 0 aliphatic carbocycles. The summed E-state index contributed by atoms with van der Waals surface area (Å²) in [6.45, 7) is 0. The zero-order valence-corrected chi connectivity index (χ0v) is 12.1. The largest absolute Gasteiger partial charge is 0.493 e. The zero-order chi connectivity index (χ0) is 14.5. The van der Waals surface area contributed by atoms with Crippen LogP contribution in [0.2, 0.25) is 0 Å². The first kappa shape index (κ1) is 14.5. The lowest BCUT2D eigenvalue weighted by molar-refractivity contribution is 0.354. The van der Waals surface area contributed by atoms with Crippen molar-refractivity contribution < 1.29 is 18.1 Å². The predicted octanol–water partition coefficient (Wildman–Crippen LogP) is 3.15. The molecule has 0 aliphatic heterocycles. The number of benzene rings is 2. The van der Waals surface area contributed by atoms with Gasteiger partial charge in [-0.1, -0.05) is 6.07 Å². The SMILES string of the molecule is COc1ccc(CS(=O)c2ccc(F)cc2)cc1OC. The van der Waals surface area contributed by atoms with Crippen LogP contribution in [0.4, 0.5) is 4.39 Å². The van der Waals surface area contributed by atoms with E-state index in [1.165, 1.54) is 24.3 Å². The highest BCUT2D eigenvalue weighted by Gasteiger charge is 2.09. The average Bonchev–Trinajstić information content (AvgIpc) is 2.47. The van der Waals surface area contributed by atoms with Crippen LogP contribution in [0.5, 0.6) is 11.5 Å². The molecule has 106 valence electrons. The first-order chi connectivity index (χ1) is 9.63. The second-order valence-electron chi connectivity index (χ2n) is 4.13. The van der Waals surface area contributed by atoms with E-state index in [1.54, 1.807) is 26.4 Å². The van der Waals surface area contributed by atoms with Gasteiger partial charge in [0.2, 0.25) is 0 Å². The molecule has 3 nitrogen and oxygen atoms in total. The first-order valence-corrected chi connectivity index (χ1v) is 7.31. The van der Waals surface area contributed by atoms with Gasteiger partial charge in [0.25, 0.3) is 0 Å². The van der Waals surface area contributed by atoms with E-state index >= 15 is 0 Å². The molecule has 0 heterocycles. The van der Waals surface area contributed by atoms with Crippen LogP contribution >= 0.6 is 0 Å². The lowest BCUT2D eigenvalue weighted by atomic mass is 10.2. The van der Waals surface area contributed by atoms with Crippen molar-refractivity contribution >= 4 is 10.8 Å². The van der Waals surface area contributed by atoms with Crippen LogP contribution in [0.15, 0.2) is 47.4 Å². The molecule has 2 aromatic rings. The van der Waals surface area contributed by atoms with E-state index < -0.39 is 10.8 Å². The average molecular weight is 294 g/mol. The van der Waals surface area contributed by atoms with Crippen molar-refractivity contribution in [3.8, 4) is 11.5 Å². The highest BCUT2D eigenvalue weighted by Crippen LogP contribution is 2.28. The van der Waals surface area contributed by atoms with Crippen LogP contribution in [0.3, 0.4) is 0 Å². The van der Waals surface area contributed by atoms with Gasteiger partial charge in [-0.05, 0) is 42.0 Å². The van der Waals surface area contributed by atoms with Gasteiger partial charge in [0.05, 0.1) is 30.8 Å². The van der Waals surface area contributed by atoms with E-state index in [4.69, 9.17) is 9.47 Å². The Morgan fingerprint density at radius 1 is 1.00 bits per heavy atom. The molecule has 0 saturated carbocycles. The number of methoxy groups -OCH3 is 2. The minimum absolute atomic E-state index is 0.336. The Hall–Kier alpha value is -1.88. The second kappa shape index (κ2) is 6.52. The fourth-order valence-electron chi connectivity index (χ4n) is 1.79. The summed E-state index contributed by atoms with van der Waals surface area (Å²) in [5.41, 5.74) is 0.866. The third-order valence-corrected chi connectivity index (χ3v) is 4.22. The molecule has 1 atom stereocenters. The Kier molecular flexibility index (Phi) is 4.74. The van der Waals surface area contributed by atoms with Gasteiger partial charge in [0.15, 0.2) is 11.5 Å². The summed E-state index contributed by atoms with van der Waals surface area (Å²) in [6, 6.07) is 11.1. The molecule has 1 unspecified atom stereocenters. The molecule has 0 fully saturated rings. The van der Waals surface area contributed by atoms with Crippen molar-refractivity contribution in [1.82, 2.24) is 0 Å². The van der Waals surface area contributed by atoms with Gasteiger partial charge in [-0.2, -0.15) is 0 Å². The molecule has 5 heteroatoms. The van der Waals surface area contributed by atoms with E-state index in [2.05, 4.69) is 0 Å². The van der Waals surface area contributed by atoms with Crippen molar-refractivity contribution in [3.63, 3.8) is 0 Å². The Bertz CT molecular complexity index is 611. The van der Waals surface area contributed by atoms with E-state index in [0.29, 0.717) is 22.1 Å². The van der Waals surface area contributed by atoms with Crippen molar-refractivity contribution in [2.24, 2.45) is 0 Å². The molecular formula is C15H15FO3S. The molecule has 0 radical (unpaired) electrons. The molecule has 2 aromatic carbocycles. The predicted molar refractivity (Wildman–Crippen MR) is 76.1 cm³/mol. The van der Waals surface area contributed by atoms with Crippen molar-refractivity contribution in [1.29, 1.82) is 0 Å². The Labute approximate surface area is 119 Å². The van der Waals surface area contributed by atoms with Gasteiger partial charge in [-0.15, -0.1) is 0 Å². The minimum atomic E-state index is -1.22. The van der Waals surface area contributed by atoms with Crippen LogP contribution in [0, 0.1) is 5.82 Å². The van der Waals surface area contributed by atoms with Crippen LogP contribution in [-0.4, -0.2) is 18.4 Å². The third kappa shape index (κ3) is 3.36. The van der Waals surface area contributed by atoms with Crippen molar-refractivity contribution in [2.45, 2.75) is 10.6 Å². The van der Waals surface area contributed by atoms with E-state index in [1.807, 2.05) is 6.07 Å². The van der Waals surface area contributed by atoms with Gasteiger partial charge in [0.1, 0.15) is 5.82 Å². The third-order valence-electron chi connectivity index (χ3n) is 2.82. The summed E-state index contributed by atoms with van der Waals surface area (Å²) in [5, 5.41) is 0. The molecule has 0 saturated heterocycles. The molecule has 2 rings (SSSR count). The number of hydrogen-bond donors (Lipinski definition) is 0. The highest BCUT2D eigenvalue weighted by molar-refractivity contribution is 7.84. The highest BCUT2D eigenvalue weighted by atomic mass is 32.2. The van der Waals surface area contributed by atoms with Gasteiger partial charge in [-0.25, -0.2) is 4.39 Å². The number of rotatable bonds is 5. The normalized spacial score (nSPS) is 11.9. The Morgan fingerprint density at radius 3 is 2.25 bits per heavy atom. The van der Waals surface area contributed by atoms with E-state index in [-0.39, 0.29) is 5.82 Å². The van der Waals surface area contributed by atoms with E-state index in [0.717, 1.165) is 5.56 Å². The molecule has 0 aromatic heterocycles. The summed E-state index contributed by atoms with van der Waals surface area (Å²) < 4.78 is 35.4. The smallest absolute Gasteiger partial charge is 0.161 e. The monoisotopic (exact) mass is 294 g/mol. The summed E-state index contributed by atoms with van der Waals surface area (Å²) in [5.74, 6) is 1.23. The standard InChI is InChI=1S/C15H15FO3S/c1-18-14-8-3-11(9-15(14)19-2)10-20(17)13-6-4-12(16)5-7-13/h3-9H,10H2,1-2H3. The Morgan fingerprint density at radius 2 is 1.65 bits per heavy atom. The van der Waals surface area contributed by atoms with Crippen LogP contribution in [-0.2, 0) is 16.6 Å². The quantitative estimate of drug-likeness (QED) is 0.850. The molecule has 20 heavy (non-hydrogen) atoms. The number of halogens is 1. The summed E-state index contributed by atoms with van der Waals surface area (Å²) in [4.78, 5) is 0.598. The molecular weight excluding hydrogens is 279 g/mol. The number of hydrogen-bond acceptors (Lipinski definition) is 3. The van der Waals surface area contributed by atoms with E-state index in [9.17, 15) is 8.60 Å². The van der Waals surface area contributed by atoms with Crippen molar-refractivity contribution in [2.75, 3.05) is 14.2 Å². The van der Waals surface area contributed by atoms with Gasteiger partial charge in [-0.3, -0.25) is 4.21 Å². The molecule has 0 bridgehead atoms. The fourth-order valence-corrected chi connectivity index (χ4v) is 2.88. The Balaban J connectivity index is 2.17. The van der Waals surface area contributed by atoms with Gasteiger partial charge >= 0.3 is 0 Å². The first-order valence-electron chi connectivity index (χ1n) is 5.99. The maximum atomic E-state index is 12.8. The van der Waals surface area contributed by atoms with Crippen LogP contribution in [0.25, 0.3) is 0 Å². The van der Waals surface area contributed by atoms with Gasteiger partial charge < -0.3 is 9.47 Å². The topological polar surface area (TPSA) is 35.5 Å². The second-order valence-corrected chi connectivity index (χ2v) is 5.58. The van der Waals surface area contributed by atoms with Crippen LogP contribution in [0.1, 0.15) is 5.56 Å².